The SMILES string of the molecule is C=C(C)C(=O)Oc1ccc(C(=O)c2ccccc2CCCO)c(O)c1. The minimum Gasteiger partial charge on any atom is -0.507 e. The summed E-state index contributed by atoms with van der Waals surface area (Å²) in [5.74, 6) is -1.07. The Balaban J connectivity index is 2.28. The van der Waals surface area contributed by atoms with Crippen LogP contribution in [0.1, 0.15) is 34.8 Å². The van der Waals surface area contributed by atoms with Gasteiger partial charge in [-0.25, -0.2) is 4.79 Å². The number of aryl methyl sites for hydroxylation is 1. The van der Waals surface area contributed by atoms with Crippen LogP contribution in [0.3, 0.4) is 0 Å². The van der Waals surface area contributed by atoms with Crippen LogP contribution < -0.4 is 4.74 Å². The van der Waals surface area contributed by atoms with Crippen molar-refractivity contribution in [3.63, 3.8) is 0 Å². The van der Waals surface area contributed by atoms with E-state index < -0.39 is 5.97 Å². The fourth-order valence-corrected chi connectivity index (χ4v) is 2.34. The molecule has 2 N–H and O–H groups in total. The fourth-order valence-electron chi connectivity index (χ4n) is 2.34. The van der Waals surface area contributed by atoms with Gasteiger partial charge in [0.05, 0.1) is 5.56 Å². The largest absolute Gasteiger partial charge is 0.507 e. The van der Waals surface area contributed by atoms with E-state index in [4.69, 9.17) is 9.84 Å². The smallest absolute Gasteiger partial charge is 0.338 e. The Morgan fingerprint density at radius 1 is 1.12 bits per heavy atom. The van der Waals surface area contributed by atoms with Crippen molar-refractivity contribution in [2.75, 3.05) is 6.61 Å². The third-order valence-electron chi connectivity index (χ3n) is 3.64. The van der Waals surface area contributed by atoms with E-state index in [2.05, 4.69) is 6.58 Å². The Labute approximate surface area is 146 Å². The van der Waals surface area contributed by atoms with Crippen LogP contribution in [0.15, 0.2) is 54.6 Å². The molecule has 0 aromatic heterocycles. The standard InChI is InChI=1S/C20H20O5/c1-13(2)20(24)25-15-9-10-17(18(22)12-15)19(23)16-8-4-3-6-14(16)7-5-11-21/h3-4,6,8-10,12,21-22H,1,5,7,11H2,2H3. The number of benzene rings is 2. The van der Waals surface area contributed by atoms with Crippen LogP contribution in [0, 0.1) is 0 Å². The van der Waals surface area contributed by atoms with Crippen molar-refractivity contribution in [1.29, 1.82) is 0 Å². The van der Waals surface area contributed by atoms with Gasteiger partial charge >= 0.3 is 5.97 Å². The van der Waals surface area contributed by atoms with E-state index in [0.717, 1.165) is 5.56 Å². The molecule has 0 aliphatic heterocycles. The first-order chi connectivity index (χ1) is 11.9. The van der Waals surface area contributed by atoms with Gasteiger partial charge in [0.25, 0.3) is 0 Å². The number of carbonyl (C=O) groups is 2. The normalized spacial score (nSPS) is 10.3. The Morgan fingerprint density at radius 3 is 2.48 bits per heavy atom. The van der Waals surface area contributed by atoms with Gasteiger partial charge in [-0.05, 0) is 37.5 Å². The van der Waals surface area contributed by atoms with Crippen LogP contribution in [0.25, 0.3) is 0 Å². The van der Waals surface area contributed by atoms with E-state index in [0.29, 0.717) is 18.4 Å². The lowest BCUT2D eigenvalue weighted by atomic mass is 9.95. The van der Waals surface area contributed by atoms with Gasteiger partial charge in [-0.2, -0.15) is 0 Å². The van der Waals surface area contributed by atoms with Crippen molar-refractivity contribution in [2.24, 2.45) is 0 Å². The summed E-state index contributed by atoms with van der Waals surface area (Å²) in [5.41, 5.74) is 1.63. The molecule has 2 aromatic rings. The minimum absolute atomic E-state index is 0.0383. The molecule has 5 nitrogen and oxygen atoms in total. The van der Waals surface area contributed by atoms with Crippen molar-refractivity contribution < 1.29 is 24.5 Å². The Morgan fingerprint density at radius 2 is 1.84 bits per heavy atom. The summed E-state index contributed by atoms with van der Waals surface area (Å²) in [6.07, 6.45) is 1.11. The number of aliphatic hydroxyl groups is 1. The lowest BCUT2D eigenvalue weighted by Crippen LogP contribution is -2.09. The number of carbonyl (C=O) groups excluding carboxylic acids is 2. The van der Waals surface area contributed by atoms with Crippen LogP contribution in [-0.2, 0) is 11.2 Å². The van der Waals surface area contributed by atoms with E-state index in [9.17, 15) is 14.7 Å². The van der Waals surface area contributed by atoms with Crippen LogP contribution in [0.5, 0.6) is 11.5 Å². The van der Waals surface area contributed by atoms with Gasteiger partial charge in [0, 0.05) is 23.8 Å². The molecule has 0 saturated heterocycles. The molecule has 130 valence electrons. The van der Waals surface area contributed by atoms with Gasteiger partial charge in [-0.15, -0.1) is 0 Å². The number of aromatic hydroxyl groups is 1. The first-order valence-corrected chi connectivity index (χ1v) is 7.88. The number of ketones is 1. The van der Waals surface area contributed by atoms with E-state index in [1.54, 1.807) is 12.1 Å². The summed E-state index contributed by atoms with van der Waals surface area (Å²) >= 11 is 0. The number of aliphatic hydroxyl groups excluding tert-OH is 1. The van der Waals surface area contributed by atoms with Gasteiger partial charge < -0.3 is 14.9 Å². The van der Waals surface area contributed by atoms with Crippen molar-refractivity contribution in [3.05, 3.63) is 71.3 Å². The van der Waals surface area contributed by atoms with E-state index in [1.807, 2.05) is 12.1 Å². The Bertz CT molecular complexity index is 807. The highest BCUT2D eigenvalue weighted by Crippen LogP contribution is 2.27. The van der Waals surface area contributed by atoms with Crippen molar-refractivity contribution in [1.82, 2.24) is 0 Å². The summed E-state index contributed by atoms with van der Waals surface area (Å²) in [5, 5.41) is 19.2. The molecule has 5 heteroatoms. The Hall–Kier alpha value is -2.92. The predicted molar refractivity (Wildman–Crippen MR) is 93.8 cm³/mol. The second-order valence-electron chi connectivity index (χ2n) is 5.66. The average molecular weight is 340 g/mol. The maximum absolute atomic E-state index is 12.7. The van der Waals surface area contributed by atoms with Gasteiger partial charge in [-0.1, -0.05) is 30.8 Å². The van der Waals surface area contributed by atoms with E-state index in [-0.39, 0.29) is 35.0 Å². The predicted octanol–water partition coefficient (Wildman–Crippen LogP) is 3.03. The highest BCUT2D eigenvalue weighted by Gasteiger charge is 2.18. The average Bonchev–Trinajstić information content (AvgIpc) is 2.59. The number of hydrogen-bond donors (Lipinski definition) is 2. The minimum atomic E-state index is -0.604. The topological polar surface area (TPSA) is 83.8 Å². The molecule has 2 aromatic carbocycles. The molecule has 0 atom stereocenters. The maximum Gasteiger partial charge on any atom is 0.338 e. The molecule has 0 spiro atoms. The number of phenols is 1. The molecular weight excluding hydrogens is 320 g/mol. The molecule has 0 saturated carbocycles. The lowest BCUT2D eigenvalue weighted by Gasteiger charge is -2.10. The second-order valence-corrected chi connectivity index (χ2v) is 5.66. The van der Waals surface area contributed by atoms with Crippen molar-refractivity contribution in [2.45, 2.75) is 19.8 Å². The van der Waals surface area contributed by atoms with E-state index in [1.165, 1.54) is 25.1 Å². The fraction of sp³-hybridized carbons (Fsp3) is 0.200. The third-order valence-corrected chi connectivity index (χ3v) is 3.64. The second kappa shape index (κ2) is 8.26. The third kappa shape index (κ3) is 4.55. The van der Waals surface area contributed by atoms with E-state index >= 15 is 0 Å². The number of esters is 1. The summed E-state index contributed by atoms with van der Waals surface area (Å²) in [6, 6.07) is 11.2. The molecule has 0 fully saturated rings. The molecule has 0 bridgehead atoms. The highest BCUT2D eigenvalue weighted by molar-refractivity contribution is 6.11. The van der Waals surface area contributed by atoms with Crippen molar-refractivity contribution in [3.8, 4) is 11.5 Å². The molecule has 0 aliphatic carbocycles. The van der Waals surface area contributed by atoms with Gasteiger partial charge in [0.1, 0.15) is 11.5 Å². The van der Waals surface area contributed by atoms with Crippen LogP contribution in [0.4, 0.5) is 0 Å². The van der Waals surface area contributed by atoms with Crippen LogP contribution >= 0.6 is 0 Å². The molecule has 0 aliphatic rings. The molecule has 2 rings (SSSR count). The summed E-state index contributed by atoms with van der Waals surface area (Å²) in [6.45, 7) is 5.04. The van der Waals surface area contributed by atoms with Crippen LogP contribution in [-0.4, -0.2) is 28.6 Å². The first-order valence-electron chi connectivity index (χ1n) is 7.88. The first kappa shape index (κ1) is 18.4. The molecule has 25 heavy (non-hydrogen) atoms. The lowest BCUT2D eigenvalue weighted by molar-refractivity contribution is -0.130. The zero-order valence-corrected chi connectivity index (χ0v) is 14.0. The molecule has 0 radical (unpaired) electrons. The monoisotopic (exact) mass is 340 g/mol. The van der Waals surface area contributed by atoms with Crippen LogP contribution in [0.2, 0.25) is 0 Å². The number of rotatable bonds is 7. The summed E-state index contributed by atoms with van der Waals surface area (Å²) in [7, 11) is 0. The Kier molecular flexibility index (Phi) is 6.08. The summed E-state index contributed by atoms with van der Waals surface area (Å²) < 4.78 is 5.04. The molecular formula is C20H20O5. The molecule has 0 heterocycles. The summed E-state index contributed by atoms with van der Waals surface area (Å²) in [4.78, 5) is 24.3. The molecule has 0 unspecified atom stereocenters. The zero-order valence-electron chi connectivity index (χ0n) is 14.0. The number of ether oxygens (including phenoxy) is 1. The number of hydrogen-bond acceptors (Lipinski definition) is 5. The molecule has 0 amide bonds. The maximum atomic E-state index is 12.7. The highest BCUT2D eigenvalue weighted by atomic mass is 16.5. The van der Waals surface area contributed by atoms with Gasteiger partial charge in [-0.3, -0.25) is 4.79 Å². The van der Waals surface area contributed by atoms with Gasteiger partial charge in [0.15, 0.2) is 5.78 Å². The number of phenolic OH excluding ortho intramolecular Hbond substituents is 1. The quantitative estimate of drug-likeness (QED) is 0.350. The van der Waals surface area contributed by atoms with Crippen molar-refractivity contribution >= 4 is 11.8 Å². The zero-order chi connectivity index (χ0) is 18.4. The van der Waals surface area contributed by atoms with Gasteiger partial charge in [0.2, 0.25) is 0 Å².